The molecule has 0 bridgehead atoms. The lowest BCUT2D eigenvalue weighted by Crippen LogP contribution is -2.40. The van der Waals surface area contributed by atoms with Crippen molar-refractivity contribution in [3.05, 3.63) is 29.7 Å². The molecule has 0 saturated carbocycles. The number of alkyl halides is 3. The zero-order valence-electron chi connectivity index (χ0n) is 17.1. The highest BCUT2D eigenvalue weighted by Gasteiger charge is 2.47. The summed E-state index contributed by atoms with van der Waals surface area (Å²) < 4.78 is 46.0. The van der Waals surface area contributed by atoms with E-state index in [0.717, 1.165) is 21.0 Å². The van der Waals surface area contributed by atoms with Crippen LogP contribution in [0.4, 0.5) is 18.0 Å². The first-order valence-electron chi connectivity index (χ1n) is 8.57. The number of amides is 1. The Bertz CT molecular complexity index is 842. The van der Waals surface area contributed by atoms with E-state index in [1.54, 1.807) is 37.5 Å². The van der Waals surface area contributed by atoms with E-state index >= 15 is 0 Å². The summed E-state index contributed by atoms with van der Waals surface area (Å²) in [6.45, 7) is 7.57. The number of hydrogen-bond donors (Lipinski definition) is 1. The lowest BCUT2D eigenvalue weighted by Gasteiger charge is -2.25. The van der Waals surface area contributed by atoms with Crippen molar-refractivity contribution >= 4 is 18.0 Å². The molecule has 0 saturated heterocycles. The zero-order chi connectivity index (χ0) is 22.5. The molecule has 0 unspecified atom stereocenters. The molecule has 2 heterocycles. The number of carbonyl (C=O) groups excluding carboxylic acids is 2. The number of carbonyl (C=O) groups is 2. The molecule has 0 fully saturated rings. The van der Waals surface area contributed by atoms with Gasteiger partial charge in [0.25, 0.3) is 0 Å². The standard InChI is InChI=1S/C13H16N4O3.C5H9F3O/c1-13(2,3)20-12(19)14-6-10-7-17-11(16-10)4-9(8-18)5-15-17;1-4(2,9-3)5(6,7)8/h4-5,7-8H,6H2,1-3H3,(H,14,19);1-3H3. The van der Waals surface area contributed by atoms with Crippen LogP contribution in [0.15, 0.2) is 18.5 Å². The Kier molecular flexibility index (Phi) is 7.73. The van der Waals surface area contributed by atoms with E-state index in [2.05, 4.69) is 20.1 Å². The van der Waals surface area contributed by atoms with Crippen LogP contribution in [-0.2, 0) is 16.0 Å². The van der Waals surface area contributed by atoms with Crippen LogP contribution in [-0.4, -0.2) is 51.5 Å². The second-order valence-electron chi connectivity index (χ2n) is 7.51. The van der Waals surface area contributed by atoms with Crippen molar-refractivity contribution in [1.82, 2.24) is 19.9 Å². The van der Waals surface area contributed by atoms with Gasteiger partial charge in [-0.2, -0.15) is 18.3 Å². The average molecular weight is 418 g/mol. The summed E-state index contributed by atoms with van der Waals surface area (Å²) >= 11 is 0. The summed E-state index contributed by atoms with van der Waals surface area (Å²) in [7, 11) is 1.04. The van der Waals surface area contributed by atoms with Crippen molar-refractivity contribution in [3.8, 4) is 0 Å². The highest BCUT2D eigenvalue weighted by Crippen LogP contribution is 2.31. The van der Waals surface area contributed by atoms with Crippen molar-refractivity contribution in [1.29, 1.82) is 0 Å². The molecule has 29 heavy (non-hydrogen) atoms. The minimum Gasteiger partial charge on any atom is -0.444 e. The normalized spacial score (nSPS) is 12.2. The third-order valence-electron chi connectivity index (χ3n) is 3.53. The first-order chi connectivity index (χ1) is 13.2. The van der Waals surface area contributed by atoms with Gasteiger partial charge in [0.2, 0.25) is 0 Å². The van der Waals surface area contributed by atoms with Crippen LogP contribution in [0.2, 0.25) is 0 Å². The van der Waals surface area contributed by atoms with Crippen LogP contribution in [0.25, 0.3) is 5.65 Å². The van der Waals surface area contributed by atoms with E-state index < -0.39 is 23.5 Å². The van der Waals surface area contributed by atoms with E-state index in [1.165, 1.54) is 6.20 Å². The summed E-state index contributed by atoms with van der Waals surface area (Å²) in [6, 6.07) is 1.62. The summed E-state index contributed by atoms with van der Waals surface area (Å²) in [6.07, 6.45) is -0.938. The zero-order valence-corrected chi connectivity index (χ0v) is 17.1. The molecule has 0 aromatic carbocycles. The summed E-state index contributed by atoms with van der Waals surface area (Å²) in [5.41, 5.74) is -0.923. The molecule has 0 spiro atoms. The Labute approximate surface area is 166 Å². The van der Waals surface area contributed by atoms with Gasteiger partial charge in [0.05, 0.1) is 24.6 Å². The SMILES string of the molecule is CC(C)(C)OC(=O)NCc1cn2ncc(C=O)cc2n1.COC(C)(C)C(F)(F)F. The predicted octanol–water partition coefficient (Wildman–Crippen LogP) is 3.54. The molecule has 0 radical (unpaired) electrons. The number of nitrogens with zero attached hydrogens (tertiary/aromatic N) is 3. The second kappa shape index (κ2) is 9.21. The number of rotatable bonds is 4. The van der Waals surface area contributed by atoms with Gasteiger partial charge in [-0.1, -0.05) is 0 Å². The van der Waals surface area contributed by atoms with Gasteiger partial charge >= 0.3 is 12.3 Å². The van der Waals surface area contributed by atoms with Crippen molar-refractivity contribution in [2.24, 2.45) is 0 Å². The molecule has 162 valence electrons. The fourth-order valence-corrected chi connectivity index (χ4v) is 1.68. The number of alkyl carbamates (subject to hydrolysis) is 1. The highest BCUT2D eigenvalue weighted by molar-refractivity contribution is 5.75. The Hall–Kier alpha value is -2.69. The fourth-order valence-electron chi connectivity index (χ4n) is 1.68. The number of aromatic nitrogens is 3. The Morgan fingerprint density at radius 2 is 1.86 bits per heavy atom. The van der Waals surface area contributed by atoms with Gasteiger partial charge in [-0.25, -0.2) is 14.3 Å². The average Bonchev–Trinajstić information content (AvgIpc) is 3.00. The maximum Gasteiger partial charge on any atom is 0.416 e. The fraction of sp³-hybridized carbons (Fsp3) is 0.556. The summed E-state index contributed by atoms with van der Waals surface area (Å²) in [5.74, 6) is 0. The first-order valence-corrected chi connectivity index (χ1v) is 8.57. The lowest BCUT2D eigenvalue weighted by atomic mass is 10.1. The molecule has 1 amide bonds. The summed E-state index contributed by atoms with van der Waals surface area (Å²) in [4.78, 5) is 26.4. The number of imidazole rings is 1. The van der Waals surface area contributed by atoms with Crippen LogP contribution in [0.1, 0.15) is 50.7 Å². The van der Waals surface area contributed by atoms with Gasteiger partial charge in [0.15, 0.2) is 17.5 Å². The molecule has 8 nitrogen and oxygen atoms in total. The van der Waals surface area contributed by atoms with E-state index in [1.807, 2.05) is 0 Å². The lowest BCUT2D eigenvalue weighted by molar-refractivity contribution is -0.255. The van der Waals surface area contributed by atoms with E-state index in [-0.39, 0.29) is 6.54 Å². The quantitative estimate of drug-likeness (QED) is 0.764. The van der Waals surface area contributed by atoms with Crippen molar-refractivity contribution < 1.29 is 32.2 Å². The molecule has 2 aromatic rings. The number of halogens is 3. The van der Waals surface area contributed by atoms with Crippen molar-refractivity contribution in [2.75, 3.05) is 7.11 Å². The topological polar surface area (TPSA) is 94.8 Å². The molecule has 0 aliphatic rings. The van der Waals surface area contributed by atoms with Crippen LogP contribution in [0.5, 0.6) is 0 Å². The first kappa shape index (κ1) is 24.3. The Morgan fingerprint density at radius 1 is 1.24 bits per heavy atom. The molecule has 0 atom stereocenters. The number of hydrogen-bond acceptors (Lipinski definition) is 6. The van der Waals surface area contributed by atoms with Gasteiger partial charge in [-0.05, 0) is 40.7 Å². The van der Waals surface area contributed by atoms with Gasteiger partial charge in [-0.15, -0.1) is 0 Å². The molecule has 0 aliphatic heterocycles. The number of methoxy groups -OCH3 is 1. The van der Waals surface area contributed by atoms with Crippen LogP contribution >= 0.6 is 0 Å². The van der Waals surface area contributed by atoms with Gasteiger partial charge in [0, 0.05) is 12.7 Å². The van der Waals surface area contributed by atoms with E-state index in [0.29, 0.717) is 23.2 Å². The van der Waals surface area contributed by atoms with Crippen LogP contribution in [0, 0.1) is 0 Å². The molecule has 1 N–H and O–H groups in total. The minimum absolute atomic E-state index is 0.231. The van der Waals surface area contributed by atoms with Crippen molar-refractivity contribution in [2.45, 2.75) is 58.5 Å². The second-order valence-corrected chi connectivity index (χ2v) is 7.51. The van der Waals surface area contributed by atoms with E-state index in [4.69, 9.17) is 4.74 Å². The highest BCUT2D eigenvalue weighted by atomic mass is 19.4. The smallest absolute Gasteiger partial charge is 0.416 e. The Balaban J connectivity index is 0.000000396. The number of nitrogens with one attached hydrogen (secondary N) is 1. The summed E-state index contributed by atoms with van der Waals surface area (Å²) in [5, 5.41) is 6.65. The maximum absolute atomic E-state index is 11.7. The molecule has 0 aliphatic carbocycles. The number of ether oxygens (including phenoxy) is 2. The van der Waals surface area contributed by atoms with Gasteiger partial charge in [-0.3, -0.25) is 4.79 Å². The Morgan fingerprint density at radius 3 is 2.31 bits per heavy atom. The van der Waals surface area contributed by atoms with Gasteiger partial charge < -0.3 is 14.8 Å². The molecule has 2 aromatic heterocycles. The molecular formula is C18H25F3N4O4. The van der Waals surface area contributed by atoms with E-state index in [9.17, 15) is 22.8 Å². The maximum atomic E-state index is 11.7. The molecule has 11 heteroatoms. The third-order valence-corrected chi connectivity index (χ3v) is 3.53. The van der Waals surface area contributed by atoms with Crippen LogP contribution < -0.4 is 5.32 Å². The van der Waals surface area contributed by atoms with Crippen molar-refractivity contribution in [3.63, 3.8) is 0 Å². The minimum atomic E-state index is -4.28. The largest absolute Gasteiger partial charge is 0.444 e. The monoisotopic (exact) mass is 418 g/mol. The third kappa shape index (κ3) is 7.68. The van der Waals surface area contributed by atoms with Gasteiger partial charge in [0.1, 0.15) is 5.60 Å². The number of aldehydes is 1. The molecular weight excluding hydrogens is 393 g/mol. The molecule has 2 rings (SSSR count). The number of fused-ring (bicyclic) bond motifs is 1. The predicted molar refractivity (Wildman–Crippen MR) is 98.6 cm³/mol. The van der Waals surface area contributed by atoms with Crippen LogP contribution in [0.3, 0.4) is 0 Å².